The molecule has 0 saturated heterocycles. The van der Waals surface area contributed by atoms with Gasteiger partial charge in [-0.2, -0.15) is 0 Å². The highest BCUT2D eigenvalue weighted by Gasteiger charge is 2.56. The first-order chi connectivity index (χ1) is 11.1. The summed E-state index contributed by atoms with van der Waals surface area (Å²) in [6.45, 7) is 8.40. The van der Waals surface area contributed by atoms with Crippen LogP contribution in [0.4, 0.5) is 0 Å². The Morgan fingerprint density at radius 1 is 1.04 bits per heavy atom. The monoisotopic (exact) mass is 350 g/mol. The Balaban J connectivity index is 1.57. The van der Waals surface area contributed by atoms with Crippen LogP contribution in [0.15, 0.2) is 11.4 Å². The highest BCUT2D eigenvalue weighted by Crippen LogP contribution is 2.69. The molecule has 3 heteroatoms. The van der Waals surface area contributed by atoms with Crippen molar-refractivity contribution in [3.63, 3.8) is 0 Å². The Morgan fingerprint density at radius 2 is 1.75 bits per heavy atom. The van der Waals surface area contributed by atoms with Gasteiger partial charge in [0.15, 0.2) is 0 Å². The predicted octanol–water partition coefficient (Wildman–Crippen LogP) is 5.51. The zero-order valence-corrected chi connectivity index (χ0v) is 16.8. The van der Waals surface area contributed by atoms with Crippen molar-refractivity contribution in [3.05, 3.63) is 11.4 Å². The predicted molar refractivity (Wildman–Crippen MR) is 101 cm³/mol. The Labute approximate surface area is 147 Å². The molecule has 1 N–H and O–H groups in total. The van der Waals surface area contributed by atoms with Crippen molar-refractivity contribution in [2.24, 2.45) is 35.0 Å². The maximum atomic E-state index is 12.8. The van der Waals surface area contributed by atoms with E-state index in [-0.39, 0.29) is 5.41 Å². The van der Waals surface area contributed by atoms with Crippen molar-refractivity contribution < 1.29 is 9.67 Å². The molecule has 2 nitrogen and oxygen atoms in total. The number of aliphatic hydroxyl groups is 1. The summed E-state index contributed by atoms with van der Waals surface area (Å²) < 4.78 is 12.8. The SMILES string of the molecule is C[C@@]1(O)CC[C@H]2[C@H](CC[C@@H]3[C@@H]2CC[C@]2(C)C(P(C)(C)=O)=CC[C@@H]32)C1. The van der Waals surface area contributed by atoms with Crippen LogP contribution in [0.2, 0.25) is 0 Å². The van der Waals surface area contributed by atoms with Gasteiger partial charge in [0.25, 0.3) is 0 Å². The number of fused-ring (bicyclic) bond motifs is 5. The number of hydrogen-bond acceptors (Lipinski definition) is 2. The van der Waals surface area contributed by atoms with Crippen molar-refractivity contribution in [2.45, 2.75) is 70.8 Å². The average Bonchev–Trinajstić information content (AvgIpc) is 2.83. The second kappa shape index (κ2) is 5.46. The first-order valence-corrected chi connectivity index (χ1v) is 12.7. The van der Waals surface area contributed by atoms with Crippen LogP contribution < -0.4 is 0 Å². The molecular weight excluding hydrogens is 315 g/mol. The van der Waals surface area contributed by atoms with Crippen LogP contribution in [0.25, 0.3) is 0 Å². The summed E-state index contributed by atoms with van der Waals surface area (Å²) in [5.41, 5.74) is -0.219. The van der Waals surface area contributed by atoms with Gasteiger partial charge in [-0.25, -0.2) is 0 Å². The Kier molecular flexibility index (Phi) is 3.95. The number of hydrogen-bond donors (Lipinski definition) is 1. The molecule has 0 radical (unpaired) electrons. The molecule has 0 aromatic heterocycles. The van der Waals surface area contributed by atoms with E-state index in [1.807, 2.05) is 20.3 Å². The molecule has 0 unspecified atom stereocenters. The molecular formula is C21H35O2P. The summed E-state index contributed by atoms with van der Waals surface area (Å²) in [5, 5.41) is 11.8. The molecule has 3 fully saturated rings. The van der Waals surface area contributed by atoms with Crippen molar-refractivity contribution in [3.8, 4) is 0 Å². The van der Waals surface area contributed by atoms with E-state index in [1.165, 1.54) is 37.4 Å². The minimum absolute atomic E-state index is 0.202. The van der Waals surface area contributed by atoms with Crippen LogP contribution in [0.1, 0.15) is 65.2 Å². The lowest BCUT2D eigenvalue weighted by molar-refractivity contribution is -0.0902. The molecule has 0 aromatic carbocycles. The summed E-state index contributed by atoms with van der Waals surface area (Å²) in [6.07, 6.45) is 11.9. The topological polar surface area (TPSA) is 37.3 Å². The van der Waals surface area contributed by atoms with E-state index < -0.39 is 12.7 Å². The molecule has 4 rings (SSSR count). The fourth-order valence-electron chi connectivity index (χ4n) is 7.46. The molecule has 24 heavy (non-hydrogen) atoms. The van der Waals surface area contributed by atoms with Crippen LogP contribution >= 0.6 is 7.14 Å². The van der Waals surface area contributed by atoms with Gasteiger partial charge < -0.3 is 9.67 Å². The summed E-state index contributed by atoms with van der Waals surface area (Å²) in [7, 11) is -2.13. The molecule has 3 saturated carbocycles. The molecule has 0 aliphatic heterocycles. The van der Waals surface area contributed by atoms with Crippen molar-refractivity contribution in [1.82, 2.24) is 0 Å². The van der Waals surface area contributed by atoms with Crippen LogP contribution in [-0.4, -0.2) is 24.0 Å². The average molecular weight is 350 g/mol. The Morgan fingerprint density at radius 3 is 2.46 bits per heavy atom. The number of allylic oxidation sites excluding steroid dienone is 2. The van der Waals surface area contributed by atoms with E-state index in [2.05, 4.69) is 13.0 Å². The Bertz CT molecular complexity index is 601. The van der Waals surface area contributed by atoms with Gasteiger partial charge in [0.2, 0.25) is 0 Å². The van der Waals surface area contributed by atoms with Gasteiger partial charge in [-0.1, -0.05) is 13.0 Å². The van der Waals surface area contributed by atoms with E-state index >= 15 is 0 Å². The lowest BCUT2D eigenvalue weighted by atomic mass is 9.50. The first kappa shape index (κ1) is 17.3. The van der Waals surface area contributed by atoms with Crippen LogP contribution in [0, 0.1) is 35.0 Å². The van der Waals surface area contributed by atoms with Crippen LogP contribution in [-0.2, 0) is 4.57 Å². The van der Waals surface area contributed by atoms with E-state index in [1.54, 1.807) is 0 Å². The van der Waals surface area contributed by atoms with Crippen molar-refractivity contribution in [2.75, 3.05) is 13.3 Å². The van der Waals surface area contributed by atoms with Gasteiger partial charge in [-0.3, -0.25) is 0 Å². The maximum absolute atomic E-state index is 12.8. The molecule has 0 amide bonds. The molecule has 7 atom stereocenters. The van der Waals surface area contributed by atoms with E-state index in [0.29, 0.717) is 0 Å². The van der Waals surface area contributed by atoms with Gasteiger partial charge in [0.1, 0.15) is 7.14 Å². The van der Waals surface area contributed by atoms with Crippen molar-refractivity contribution >= 4 is 7.14 Å². The number of rotatable bonds is 1. The molecule has 0 bridgehead atoms. The van der Waals surface area contributed by atoms with Gasteiger partial charge in [-0.15, -0.1) is 0 Å². The van der Waals surface area contributed by atoms with Gasteiger partial charge in [0, 0.05) is 0 Å². The molecule has 0 aromatic rings. The lowest BCUT2D eigenvalue weighted by Gasteiger charge is -2.56. The maximum Gasteiger partial charge on any atom is 0.106 e. The first-order valence-electron chi connectivity index (χ1n) is 10.1. The molecule has 136 valence electrons. The third-order valence-electron chi connectivity index (χ3n) is 8.36. The molecule has 4 aliphatic carbocycles. The third-order valence-corrected chi connectivity index (χ3v) is 10.2. The molecule has 0 spiro atoms. The summed E-state index contributed by atoms with van der Waals surface area (Å²) in [6, 6.07) is 0. The standard InChI is InChI=1S/C21H35O2P/c1-20(22)11-9-15-14(13-20)5-6-17-16(15)10-12-21(2)18(17)7-8-19(21)24(3,4)23/h8,14-18,22H,5-7,9-13H2,1-4H3/t14-,15+,16-,17-,18+,20-,21+/m1/s1. The van der Waals surface area contributed by atoms with E-state index in [9.17, 15) is 9.67 Å². The summed E-state index contributed by atoms with van der Waals surface area (Å²) in [4.78, 5) is 0. The lowest BCUT2D eigenvalue weighted by Crippen LogP contribution is -2.50. The minimum atomic E-state index is -2.13. The van der Waals surface area contributed by atoms with Crippen LogP contribution in [0.5, 0.6) is 0 Å². The van der Waals surface area contributed by atoms with E-state index in [4.69, 9.17) is 0 Å². The second-order valence-corrected chi connectivity index (χ2v) is 13.5. The quantitative estimate of drug-likeness (QED) is 0.633. The smallest absolute Gasteiger partial charge is 0.106 e. The molecule has 4 aliphatic rings. The second-order valence-electron chi connectivity index (χ2n) is 10.3. The van der Waals surface area contributed by atoms with Crippen molar-refractivity contribution in [1.29, 1.82) is 0 Å². The zero-order valence-electron chi connectivity index (χ0n) is 15.9. The fraction of sp³-hybridized carbons (Fsp3) is 0.905. The largest absolute Gasteiger partial charge is 0.390 e. The zero-order chi connectivity index (χ0) is 17.3. The van der Waals surface area contributed by atoms with Gasteiger partial charge >= 0.3 is 0 Å². The Hall–Kier alpha value is -0.0700. The van der Waals surface area contributed by atoms with Gasteiger partial charge in [0.05, 0.1) is 5.60 Å². The normalized spacial score (nSPS) is 51.4. The fourth-order valence-corrected chi connectivity index (χ4v) is 9.51. The molecule has 0 heterocycles. The van der Waals surface area contributed by atoms with Gasteiger partial charge in [-0.05, 0) is 112 Å². The third kappa shape index (κ3) is 2.59. The van der Waals surface area contributed by atoms with E-state index in [0.717, 1.165) is 48.9 Å². The highest BCUT2D eigenvalue weighted by atomic mass is 31.2. The highest BCUT2D eigenvalue weighted by molar-refractivity contribution is 7.66. The summed E-state index contributed by atoms with van der Waals surface area (Å²) >= 11 is 0. The minimum Gasteiger partial charge on any atom is -0.390 e. The summed E-state index contributed by atoms with van der Waals surface area (Å²) in [5.74, 6) is 4.00. The van der Waals surface area contributed by atoms with Crippen LogP contribution in [0.3, 0.4) is 0 Å².